The average Bonchev–Trinajstić information content (AvgIpc) is 2.46. The Bertz CT molecular complexity index is 498. The number of carbonyl (C=O) groups excluding carboxylic acids is 2. The van der Waals surface area contributed by atoms with Crippen molar-refractivity contribution in [3.8, 4) is 5.75 Å². The Morgan fingerprint density at radius 3 is 2.55 bits per heavy atom. The Kier molecular flexibility index (Phi) is 4.84. The number of ether oxygens (including phenoxy) is 1. The number of carboxylic acid groups (broad SMARTS) is 1. The number of rotatable bonds is 4. The summed E-state index contributed by atoms with van der Waals surface area (Å²) < 4.78 is 5.37. The maximum absolute atomic E-state index is 12.0. The highest BCUT2D eigenvalue weighted by atomic mass is 35.5. The van der Waals surface area contributed by atoms with E-state index in [1.807, 2.05) is 0 Å². The summed E-state index contributed by atoms with van der Waals surface area (Å²) in [6, 6.07) is 6.93. The fraction of sp³-hybridized carbons (Fsp3) is 0.429. The molecule has 0 atom stereocenters. The van der Waals surface area contributed by atoms with Gasteiger partial charge in [0.05, 0.1) is 5.02 Å². The van der Waals surface area contributed by atoms with Gasteiger partial charge in [-0.15, -0.1) is 0 Å². The molecule has 0 saturated carbocycles. The number of hydrogen-bond acceptors (Lipinski definition) is 4. The van der Waals surface area contributed by atoms with Crippen molar-refractivity contribution in [2.75, 3.05) is 19.7 Å². The number of likely N-dealkylation sites (tertiary alicyclic amines) is 1. The average molecular weight is 297 g/mol. The number of carboxylic acids is 1. The Morgan fingerprint density at radius 1 is 1.30 bits per heavy atom. The van der Waals surface area contributed by atoms with E-state index >= 15 is 0 Å². The van der Waals surface area contributed by atoms with Gasteiger partial charge >= 0.3 is 0 Å². The van der Waals surface area contributed by atoms with Gasteiger partial charge in [-0.05, 0) is 25.0 Å². The molecule has 0 unspecified atom stereocenters. The highest BCUT2D eigenvalue weighted by Crippen LogP contribution is 2.23. The second-order valence-electron chi connectivity index (χ2n) is 4.69. The predicted molar refractivity (Wildman–Crippen MR) is 71.3 cm³/mol. The molecular formula is C14H15ClNO4-. The molecule has 1 aromatic rings. The Labute approximate surface area is 122 Å². The van der Waals surface area contributed by atoms with Crippen LogP contribution in [0.25, 0.3) is 0 Å². The first-order valence-corrected chi connectivity index (χ1v) is 6.81. The molecule has 1 fully saturated rings. The SMILES string of the molecule is O=C([O-])C1CCN(C(=O)COc2ccccc2Cl)CC1. The van der Waals surface area contributed by atoms with Gasteiger partial charge < -0.3 is 19.5 Å². The van der Waals surface area contributed by atoms with Gasteiger partial charge in [-0.3, -0.25) is 4.79 Å². The summed E-state index contributed by atoms with van der Waals surface area (Å²) >= 11 is 5.93. The molecule has 1 aliphatic heterocycles. The van der Waals surface area contributed by atoms with Crippen molar-refractivity contribution in [1.82, 2.24) is 4.90 Å². The third kappa shape index (κ3) is 3.63. The van der Waals surface area contributed by atoms with Crippen LogP contribution in [0.2, 0.25) is 5.02 Å². The zero-order valence-electron chi connectivity index (χ0n) is 10.9. The summed E-state index contributed by atoms with van der Waals surface area (Å²) in [5.41, 5.74) is 0. The Hall–Kier alpha value is -1.75. The second-order valence-corrected chi connectivity index (χ2v) is 5.10. The van der Waals surface area contributed by atoms with E-state index in [9.17, 15) is 14.7 Å². The summed E-state index contributed by atoms with van der Waals surface area (Å²) in [5, 5.41) is 11.2. The fourth-order valence-corrected chi connectivity index (χ4v) is 2.35. The third-order valence-electron chi connectivity index (χ3n) is 3.37. The molecule has 1 aliphatic rings. The number of piperidine rings is 1. The molecule has 1 aromatic carbocycles. The van der Waals surface area contributed by atoms with Gasteiger partial charge in [0, 0.05) is 25.0 Å². The zero-order valence-corrected chi connectivity index (χ0v) is 11.6. The van der Waals surface area contributed by atoms with Crippen molar-refractivity contribution < 1.29 is 19.4 Å². The normalized spacial score (nSPS) is 15.9. The number of para-hydroxylation sites is 1. The summed E-state index contributed by atoms with van der Waals surface area (Å²) in [5.74, 6) is -1.19. The molecule has 0 N–H and O–H groups in total. The van der Waals surface area contributed by atoms with Crippen LogP contribution < -0.4 is 9.84 Å². The topological polar surface area (TPSA) is 69.7 Å². The molecule has 1 amide bonds. The van der Waals surface area contributed by atoms with Crippen LogP contribution in [-0.4, -0.2) is 36.5 Å². The number of carbonyl (C=O) groups is 2. The second kappa shape index (κ2) is 6.61. The first-order valence-electron chi connectivity index (χ1n) is 6.44. The molecule has 0 bridgehead atoms. The molecule has 1 saturated heterocycles. The lowest BCUT2D eigenvalue weighted by atomic mass is 9.97. The van der Waals surface area contributed by atoms with Gasteiger partial charge in [-0.1, -0.05) is 23.7 Å². The first-order chi connectivity index (χ1) is 9.58. The van der Waals surface area contributed by atoms with E-state index in [1.165, 1.54) is 0 Å². The summed E-state index contributed by atoms with van der Waals surface area (Å²) in [6.45, 7) is 0.743. The van der Waals surface area contributed by atoms with Crippen LogP contribution in [0.15, 0.2) is 24.3 Å². The smallest absolute Gasteiger partial charge is 0.260 e. The highest BCUT2D eigenvalue weighted by molar-refractivity contribution is 6.32. The van der Waals surface area contributed by atoms with E-state index in [2.05, 4.69) is 0 Å². The Morgan fingerprint density at radius 2 is 1.95 bits per heavy atom. The number of halogens is 1. The molecular weight excluding hydrogens is 282 g/mol. The van der Waals surface area contributed by atoms with Crippen molar-refractivity contribution >= 4 is 23.5 Å². The van der Waals surface area contributed by atoms with Gasteiger partial charge in [-0.25, -0.2) is 0 Å². The van der Waals surface area contributed by atoms with Crippen LogP contribution >= 0.6 is 11.6 Å². The van der Waals surface area contributed by atoms with Crippen LogP contribution in [0.1, 0.15) is 12.8 Å². The molecule has 5 nitrogen and oxygen atoms in total. The lowest BCUT2D eigenvalue weighted by molar-refractivity contribution is -0.312. The largest absolute Gasteiger partial charge is 0.550 e. The van der Waals surface area contributed by atoms with Crippen molar-refractivity contribution in [3.63, 3.8) is 0 Å². The quantitative estimate of drug-likeness (QED) is 0.820. The van der Waals surface area contributed by atoms with Crippen LogP contribution in [0.4, 0.5) is 0 Å². The van der Waals surface area contributed by atoms with Crippen LogP contribution in [0, 0.1) is 5.92 Å². The molecule has 6 heteroatoms. The molecule has 0 spiro atoms. The standard InChI is InChI=1S/C14H16ClNO4/c15-11-3-1-2-4-12(11)20-9-13(17)16-7-5-10(6-8-16)14(18)19/h1-4,10H,5-9H2,(H,18,19)/p-1. The van der Waals surface area contributed by atoms with Crippen molar-refractivity contribution in [3.05, 3.63) is 29.3 Å². The highest BCUT2D eigenvalue weighted by Gasteiger charge is 2.23. The van der Waals surface area contributed by atoms with Crippen molar-refractivity contribution in [2.45, 2.75) is 12.8 Å². The van der Waals surface area contributed by atoms with E-state index in [0.29, 0.717) is 36.7 Å². The van der Waals surface area contributed by atoms with E-state index in [-0.39, 0.29) is 12.5 Å². The molecule has 1 heterocycles. The van der Waals surface area contributed by atoms with Gasteiger partial charge in [0.15, 0.2) is 6.61 Å². The summed E-state index contributed by atoms with van der Waals surface area (Å²) in [6.07, 6.45) is 0.861. The fourth-order valence-electron chi connectivity index (χ4n) is 2.16. The molecule has 20 heavy (non-hydrogen) atoms. The zero-order chi connectivity index (χ0) is 14.5. The number of nitrogens with zero attached hydrogens (tertiary/aromatic N) is 1. The minimum Gasteiger partial charge on any atom is -0.550 e. The number of amides is 1. The number of aliphatic carboxylic acids is 1. The molecule has 108 valence electrons. The van der Waals surface area contributed by atoms with Crippen LogP contribution in [-0.2, 0) is 9.59 Å². The minimum absolute atomic E-state index is 0.0975. The van der Waals surface area contributed by atoms with Crippen LogP contribution in [0.5, 0.6) is 5.75 Å². The maximum Gasteiger partial charge on any atom is 0.260 e. The van der Waals surface area contributed by atoms with Gasteiger partial charge in [-0.2, -0.15) is 0 Å². The van der Waals surface area contributed by atoms with E-state index < -0.39 is 11.9 Å². The first kappa shape index (κ1) is 14.7. The molecule has 2 rings (SSSR count). The van der Waals surface area contributed by atoms with Crippen LogP contribution in [0.3, 0.4) is 0 Å². The monoisotopic (exact) mass is 296 g/mol. The van der Waals surface area contributed by atoms with E-state index in [0.717, 1.165) is 0 Å². The summed E-state index contributed by atoms with van der Waals surface area (Å²) in [4.78, 5) is 24.3. The third-order valence-corrected chi connectivity index (χ3v) is 3.68. The Balaban J connectivity index is 1.82. The van der Waals surface area contributed by atoms with E-state index in [4.69, 9.17) is 16.3 Å². The van der Waals surface area contributed by atoms with Crippen molar-refractivity contribution in [1.29, 1.82) is 0 Å². The lowest BCUT2D eigenvalue weighted by Crippen LogP contribution is -2.45. The van der Waals surface area contributed by atoms with Gasteiger partial charge in [0.2, 0.25) is 0 Å². The number of hydrogen-bond donors (Lipinski definition) is 0. The van der Waals surface area contributed by atoms with Crippen molar-refractivity contribution in [2.24, 2.45) is 5.92 Å². The minimum atomic E-state index is -1.04. The van der Waals surface area contributed by atoms with E-state index in [1.54, 1.807) is 29.2 Å². The maximum atomic E-state index is 12.0. The molecule has 0 aromatic heterocycles. The molecule has 0 radical (unpaired) electrons. The number of benzene rings is 1. The van der Waals surface area contributed by atoms with Gasteiger partial charge in [0.25, 0.3) is 5.91 Å². The molecule has 0 aliphatic carbocycles. The summed E-state index contributed by atoms with van der Waals surface area (Å²) in [7, 11) is 0. The predicted octanol–water partition coefficient (Wildman–Crippen LogP) is 0.707. The van der Waals surface area contributed by atoms with Gasteiger partial charge in [0.1, 0.15) is 5.75 Å². The lowest BCUT2D eigenvalue weighted by Gasteiger charge is -2.32.